The maximum absolute atomic E-state index is 11.6. The van der Waals surface area contributed by atoms with Gasteiger partial charge in [-0.05, 0) is 24.6 Å². The number of aromatic hydroxyl groups is 1. The molecule has 0 aliphatic rings. The fourth-order valence-corrected chi connectivity index (χ4v) is 1.74. The van der Waals surface area contributed by atoms with Crippen LogP contribution in [0, 0.1) is 6.92 Å². The smallest absolute Gasteiger partial charge is 0.347 e. The average molecular weight is 281 g/mol. The van der Waals surface area contributed by atoms with E-state index in [0.29, 0.717) is 11.3 Å². The molecule has 1 heterocycles. The Kier molecular flexibility index (Phi) is 2.83. The summed E-state index contributed by atoms with van der Waals surface area (Å²) in [4.78, 5) is 11.6. The first kappa shape index (κ1) is 11.0. The van der Waals surface area contributed by atoms with Crippen molar-refractivity contribution in [1.82, 2.24) is 0 Å². The van der Waals surface area contributed by atoms with Crippen LogP contribution in [0.4, 0.5) is 0 Å². The lowest BCUT2D eigenvalue weighted by Crippen LogP contribution is -2.03. The Balaban J connectivity index is 2.65. The lowest BCUT2D eigenvalue weighted by atomic mass is 10.1. The molecule has 0 saturated heterocycles. The zero-order valence-electron chi connectivity index (χ0n) is 8.53. The number of rotatable bonds is 1. The van der Waals surface area contributed by atoms with Crippen LogP contribution < -0.4 is 5.63 Å². The molecule has 1 aromatic heterocycles. The second-order valence-corrected chi connectivity index (χ2v) is 4.33. The first-order valence-electron chi connectivity index (χ1n) is 4.67. The van der Waals surface area contributed by atoms with Gasteiger partial charge in [0.1, 0.15) is 17.1 Å². The summed E-state index contributed by atoms with van der Waals surface area (Å²) in [5.74, 6) is 0.333. The van der Waals surface area contributed by atoms with Crippen LogP contribution in [0.25, 0.3) is 11.1 Å². The van der Waals surface area contributed by atoms with Crippen molar-refractivity contribution >= 4 is 15.9 Å². The van der Waals surface area contributed by atoms with Crippen LogP contribution in [0.2, 0.25) is 0 Å². The molecule has 1 N–H and O–H groups in total. The molecule has 0 bridgehead atoms. The summed E-state index contributed by atoms with van der Waals surface area (Å²) in [5.41, 5.74) is 0.298. The quantitative estimate of drug-likeness (QED) is 0.873. The highest BCUT2D eigenvalue weighted by Gasteiger charge is 2.11. The van der Waals surface area contributed by atoms with Crippen molar-refractivity contribution in [3.8, 4) is 16.9 Å². The predicted octanol–water partition coefficient (Wildman–Crippen LogP) is 3.08. The summed E-state index contributed by atoms with van der Waals surface area (Å²) in [7, 11) is 0. The zero-order valence-corrected chi connectivity index (χ0v) is 10.1. The van der Waals surface area contributed by atoms with E-state index in [0.717, 1.165) is 4.47 Å². The Morgan fingerprint density at radius 2 is 1.88 bits per heavy atom. The third-order valence-corrected chi connectivity index (χ3v) is 2.72. The number of aryl methyl sites for hydroxylation is 1. The van der Waals surface area contributed by atoms with Crippen LogP contribution in [0.15, 0.2) is 44.0 Å². The van der Waals surface area contributed by atoms with E-state index >= 15 is 0 Å². The number of halogens is 1. The third kappa shape index (κ3) is 2.02. The molecule has 82 valence electrons. The minimum absolute atomic E-state index is 0.0592. The molecular weight excluding hydrogens is 272 g/mol. The molecule has 0 atom stereocenters. The maximum Gasteiger partial charge on any atom is 0.347 e. The van der Waals surface area contributed by atoms with E-state index in [4.69, 9.17) is 4.42 Å². The molecule has 1 aromatic carbocycles. The van der Waals surface area contributed by atoms with Crippen molar-refractivity contribution in [3.05, 3.63) is 51.0 Å². The number of hydrogen-bond donors (Lipinski definition) is 1. The summed E-state index contributed by atoms with van der Waals surface area (Å²) in [6, 6.07) is 8.51. The molecule has 0 saturated carbocycles. The van der Waals surface area contributed by atoms with Gasteiger partial charge in [-0.2, -0.15) is 0 Å². The van der Waals surface area contributed by atoms with Gasteiger partial charge in [-0.25, -0.2) is 4.79 Å². The largest absolute Gasteiger partial charge is 0.507 e. The molecule has 0 amide bonds. The van der Waals surface area contributed by atoms with Gasteiger partial charge >= 0.3 is 5.63 Å². The molecule has 4 heteroatoms. The van der Waals surface area contributed by atoms with Crippen molar-refractivity contribution in [2.45, 2.75) is 6.92 Å². The molecule has 0 radical (unpaired) electrons. The average Bonchev–Trinajstić information content (AvgIpc) is 2.19. The molecule has 0 unspecified atom stereocenters. The van der Waals surface area contributed by atoms with Crippen molar-refractivity contribution < 1.29 is 9.52 Å². The Morgan fingerprint density at radius 1 is 1.25 bits per heavy atom. The molecule has 0 aliphatic heterocycles. The number of hydrogen-bond acceptors (Lipinski definition) is 3. The summed E-state index contributed by atoms with van der Waals surface area (Å²) in [5, 5.41) is 9.72. The Labute approximate surface area is 100 Å². The van der Waals surface area contributed by atoms with E-state index < -0.39 is 5.63 Å². The molecule has 2 rings (SSSR count). The second-order valence-electron chi connectivity index (χ2n) is 3.41. The summed E-state index contributed by atoms with van der Waals surface area (Å²) in [6.45, 7) is 1.62. The van der Waals surface area contributed by atoms with Gasteiger partial charge in [0.25, 0.3) is 0 Å². The summed E-state index contributed by atoms with van der Waals surface area (Å²) in [6.07, 6.45) is 0. The van der Waals surface area contributed by atoms with Crippen LogP contribution in [-0.2, 0) is 0 Å². The second kappa shape index (κ2) is 4.14. The fourth-order valence-electron chi connectivity index (χ4n) is 1.48. The van der Waals surface area contributed by atoms with Crippen molar-refractivity contribution in [3.63, 3.8) is 0 Å². The lowest BCUT2D eigenvalue weighted by Gasteiger charge is -2.03. The van der Waals surface area contributed by atoms with E-state index in [1.807, 2.05) is 0 Å². The topological polar surface area (TPSA) is 50.4 Å². The SMILES string of the molecule is Cc1cc(O)c(-c2ccc(Br)cc2)c(=O)o1. The van der Waals surface area contributed by atoms with Gasteiger partial charge in [0, 0.05) is 10.5 Å². The molecule has 3 nitrogen and oxygen atoms in total. The van der Waals surface area contributed by atoms with Gasteiger partial charge in [-0.3, -0.25) is 0 Å². The summed E-state index contributed by atoms with van der Waals surface area (Å²) >= 11 is 3.30. The lowest BCUT2D eigenvalue weighted by molar-refractivity contribution is 0.438. The highest BCUT2D eigenvalue weighted by molar-refractivity contribution is 9.10. The van der Waals surface area contributed by atoms with E-state index in [9.17, 15) is 9.90 Å². The first-order chi connectivity index (χ1) is 7.58. The van der Waals surface area contributed by atoms with Gasteiger partial charge in [-0.1, -0.05) is 28.1 Å². The minimum Gasteiger partial charge on any atom is -0.507 e. The van der Waals surface area contributed by atoms with Gasteiger partial charge < -0.3 is 9.52 Å². The highest BCUT2D eigenvalue weighted by Crippen LogP contribution is 2.27. The molecule has 0 aliphatic carbocycles. The Hall–Kier alpha value is -1.55. The minimum atomic E-state index is -0.528. The zero-order chi connectivity index (χ0) is 11.7. The van der Waals surface area contributed by atoms with E-state index in [-0.39, 0.29) is 11.3 Å². The third-order valence-electron chi connectivity index (χ3n) is 2.19. The Bertz CT molecular complexity index is 570. The fraction of sp³-hybridized carbons (Fsp3) is 0.0833. The van der Waals surface area contributed by atoms with E-state index in [1.165, 1.54) is 6.07 Å². The van der Waals surface area contributed by atoms with E-state index in [2.05, 4.69) is 15.9 Å². The van der Waals surface area contributed by atoms with Crippen molar-refractivity contribution in [2.75, 3.05) is 0 Å². The normalized spacial score (nSPS) is 10.4. The maximum atomic E-state index is 11.6. The van der Waals surface area contributed by atoms with Crippen molar-refractivity contribution in [2.24, 2.45) is 0 Å². The Morgan fingerprint density at radius 3 is 2.44 bits per heavy atom. The first-order valence-corrected chi connectivity index (χ1v) is 5.47. The van der Waals surface area contributed by atoms with E-state index in [1.54, 1.807) is 31.2 Å². The molecule has 16 heavy (non-hydrogen) atoms. The van der Waals surface area contributed by atoms with Crippen LogP contribution in [0.5, 0.6) is 5.75 Å². The van der Waals surface area contributed by atoms with Gasteiger partial charge in [-0.15, -0.1) is 0 Å². The summed E-state index contributed by atoms with van der Waals surface area (Å²) < 4.78 is 5.86. The molecule has 0 fully saturated rings. The highest BCUT2D eigenvalue weighted by atomic mass is 79.9. The van der Waals surface area contributed by atoms with Crippen LogP contribution >= 0.6 is 15.9 Å². The van der Waals surface area contributed by atoms with Gasteiger partial charge in [0.2, 0.25) is 0 Å². The monoisotopic (exact) mass is 280 g/mol. The van der Waals surface area contributed by atoms with Crippen LogP contribution in [0.1, 0.15) is 5.76 Å². The predicted molar refractivity (Wildman–Crippen MR) is 64.5 cm³/mol. The molecule has 0 spiro atoms. The van der Waals surface area contributed by atoms with Gasteiger partial charge in [0.05, 0.1) is 0 Å². The van der Waals surface area contributed by atoms with Crippen LogP contribution in [0.3, 0.4) is 0 Å². The number of benzene rings is 1. The standard InChI is InChI=1S/C12H9BrO3/c1-7-6-10(14)11(12(15)16-7)8-2-4-9(13)5-3-8/h2-6,14H,1H3. The van der Waals surface area contributed by atoms with Crippen LogP contribution in [-0.4, -0.2) is 5.11 Å². The molecule has 2 aromatic rings. The van der Waals surface area contributed by atoms with Crippen molar-refractivity contribution in [1.29, 1.82) is 0 Å². The van der Waals surface area contributed by atoms with Gasteiger partial charge in [0.15, 0.2) is 0 Å². The molecular formula is C12H9BrO3.